The molecule has 1 saturated heterocycles. The summed E-state index contributed by atoms with van der Waals surface area (Å²) < 4.78 is 11.0. The minimum atomic E-state index is -0.808. The fourth-order valence-corrected chi connectivity index (χ4v) is 4.22. The minimum absolute atomic E-state index is 0.0279. The number of carbonyl (C=O) groups excluding carboxylic acids is 2. The first kappa shape index (κ1) is 24.1. The average molecular weight is 472 g/mol. The Labute approximate surface area is 205 Å². The van der Waals surface area contributed by atoms with E-state index in [1.807, 2.05) is 45.9 Å². The largest absolute Gasteiger partial charge is 0.507 e. The molecule has 3 aromatic rings. The van der Waals surface area contributed by atoms with Crippen LogP contribution in [-0.2, 0) is 9.59 Å². The van der Waals surface area contributed by atoms with Crippen LogP contribution in [0.4, 0.5) is 5.69 Å². The zero-order chi connectivity index (χ0) is 25.3. The molecule has 1 aliphatic heterocycles. The van der Waals surface area contributed by atoms with Gasteiger partial charge in [0.1, 0.15) is 17.3 Å². The van der Waals surface area contributed by atoms with E-state index < -0.39 is 17.7 Å². The van der Waals surface area contributed by atoms with E-state index in [9.17, 15) is 14.7 Å². The Morgan fingerprint density at radius 3 is 2.26 bits per heavy atom. The molecule has 35 heavy (non-hydrogen) atoms. The number of nitrogens with zero attached hydrogens (tertiary/aromatic N) is 1. The Morgan fingerprint density at radius 1 is 0.914 bits per heavy atom. The van der Waals surface area contributed by atoms with Gasteiger partial charge in [-0.15, -0.1) is 0 Å². The van der Waals surface area contributed by atoms with Crippen LogP contribution in [0.25, 0.3) is 5.76 Å². The minimum Gasteiger partial charge on any atom is -0.507 e. The van der Waals surface area contributed by atoms with E-state index in [0.29, 0.717) is 28.3 Å². The SMILES string of the molecule is COc1ccc(C2/C(=C(\O)c3cccc(OC(C)C)c3)C(=O)C(=O)N2c2ccc(C)c(C)c2)cc1. The summed E-state index contributed by atoms with van der Waals surface area (Å²) in [6, 6.07) is 18.8. The van der Waals surface area contributed by atoms with Crippen molar-refractivity contribution in [1.29, 1.82) is 0 Å². The van der Waals surface area contributed by atoms with Gasteiger partial charge in [-0.05, 0) is 80.8 Å². The molecule has 0 radical (unpaired) electrons. The summed E-state index contributed by atoms with van der Waals surface area (Å²) in [7, 11) is 1.57. The summed E-state index contributed by atoms with van der Waals surface area (Å²) in [4.78, 5) is 28.2. The van der Waals surface area contributed by atoms with Gasteiger partial charge in [-0.1, -0.05) is 30.3 Å². The number of aryl methyl sites for hydroxylation is 2. The number of ketones is 1. The van der Waals surface area contributed by atoms with Crippen LogP contribution in [-0.4, -0.2) is 30.0 Å². The third-order valence-corrected chi connectivity index (χ3v) is 6.12. The summed E-state index contributed by atoms with van der Waals surface area (Å²) in [5.74, 6) is -0.463. The van der Waals surface area contributed by atoms with Crippen LogP contribution in [0.2, 0.25) is 0 Å². The third kappa shape index (κ3) is 4.64. The molecule has 0 aromatic heterocycles. The molecule has 4 rings (SSSR count). The van der Waals surface area contributed by atoms with Gasteiger partial charge >= 0.3 is 0 Å². The van der Waals surface area contributed by atoms with Gasteiger partial charge in [0.05, 0.1) is 24.8 Å². The van der Waals surface area contributed by atoms with E-state index in [1.165, 1.54) is 4.90 Å². The summed E-state index contributed by atoms with van der Waals surface area (Å²) in [5, 5.41) is 11.4. The van der Waals surface area contributed by atoms with Crippen LogP contribution in [0.5, 0.6) is 11.5 Å². The fourth-order valence-electron chi connectivity index (χ4n) is 4.22. The standard InChI is InChI=1S/C29H29NO5/c1-17(2)35-24-8-6-7-21(16-24)27(31)25-26(20-10-13-23(34-5)14-11-20)30(29(33)28(25)32)22-12-9-18(3)19(4)15-22/h6-17,26,31H,1-5H3/b27-25+. The van der Waals surface area contributed by atoms with E-state index in [-0.39, 0.29) is 17.4 Å². The highest BCUT2D eigenvalue weighted by molar-refractivity contribution is 6.51. The maximum absolute atomic E-state index is 13.4. The predicted molar refractivity (Wildman–Crippen MR) is 136 cm³/mol. The van der Waals surface area contributed by atoms with Crippen molar-refractivity contribution in [3.05, 3.63) is 94.6 Å². The Morgan fingerprint density at radius 2 is 1.63 bits per heavy atom. The van der Waals surface area contributed by atoms with E-state index in [0.717, 1.165) is 11.1 Å². The van der Waals surface area contributed by atoms with Crippen LogP contribution < -0.4 is 14.4 Å². The number of ether oxygens (including phenoxy) is 2. The number of carbonyl (C=O) groups is 2. The molecule has 1 unspecified atom stereocenters. The van der Waals surface area contributed by atoms with Gasteiger partial charge in [0.15, 0.2) is 0 Å². The van der Waals surface area contributed by atoms with Crippen molar-refractivity contribution >= 4 is 23.1 Å². The Kier molecular flexibility index (Phi) is 6.65. The first-order chi connectivity index (χ1) is 16.7. The lowest BCUT2D eigenvalue weighted by molar-refractivity contribution is -0.132. The van der Waals surface area contributed by atoms with Crippen LogP contribution >= 0.6 is 0 Å². The summed E-state index contributed by atoms with van der Waals surface area (Å²) in [6.45, 7) is 7.76. The lowest BCUT2D eigenvalue weighted by Crippen LogP contribution is -2.29. The molecule has 6 nitrogen and oxygen atoms in total. The fraction of sp³-hybridized carbons (Fsp3) is 0.241. The van der Waals surface area contributed by atoms with Crippen molar-refractivity contribution < 1.29 is 24.2 Å². The zero-order valence-corrected chi connectivity index (χ0v) is 20.5. The van der Waals surface area contributed by atoms with Gasteiger partial charge in [-0.3, -0.25) is 14.5 Å². The third-order valence-electron chi connectivity index (χ3n) is 6.12. The van der Waals surface area contributed by atoms with Crippen molar-refractivity contribution in [3.63, 3.8) is 0 Å². The molecule has 1 aliphatic rings. The molecular weight excluding hydrogens is 442 g/mol. The summed E-state index contributed by atoms with van der Waals surface area (Å²) >= 11 is 0. The number of rotatable bonds is 6. The maximum Gasteiger partial charge on any atom is 0.300 e. The van der Waals surface area contributed by atoms with Gasteiger partial charge in [0.25, 0.3) is 11.7 Å². The number of methoxy groups -OCH3 is 1. The number of Topliss-reactive ketones (excluding diaryl/α,β-unsaturated/α-hetero) is 1. The number of anilines is 1. The van der Waals surface area contributed by atoms with E-state index in [1.54, 1.807) is 55.6 Å². The second kappa shape index (κ2) is 9.66. The Hall–Kier alpha value is -4.06. The molecular formula is C29H29NO5. The molecule has 1 amide bonds. The first-order valence-corrected chi connectivity index (χ1v) is 11.5. The van der Waals surface area contributed by atoms with Gasteiger partial charge in [0, 0.05) is 11.3 Å². The summed E-state index contributed by atoms with van der Waals surface area (Å²) in [6.07, 6.45) is -0.0537. The highest BCUT2D eigenvalue weighted by Crippen LogP contribution is 2.43. The molecule has 1 heterocycles. The van der Waals surface area contributed by atoms with Gasteiger partial charge in [-0.25, -0.2) is 0 Å². The quantitative estimate of drug-likeness (QED) is 0.282. The lowest BCUT2D eigenvalue weighted by Gasteiger charge is -2.26. The molecule has 3 aromatic carbocycles. The van der Waals surface area contributed by atoms with Crippen molar-refractivity contribution in [2.45, 2.75) is 39.8 Å². The van der Waals surface area contributed by atoms with Crippen molar-refractivity contribution in [2.24, 2.45) is 0 Å². The van der Waals surface area contributed by atoms with Crippen LogP contribution in [0.3, 0.4) is 0 Å². The molecule has 1 atom stereocenters. The highest BCUT2D eigenvalue weighted by Gasteiger charge is 2.47. The zero-order valence-electron chi connectivity index (χ0n) is 20.5. The number of amides is 1. The Balaban J connectivity index is 1.91. The molecule has 1 fully saturated rings. The van der Waals surface area contributed by atoms with Gasteiger partial charge < -0.3 is 14.6 Å². The van der Waals surface area contributed by atoms with E-state index >= 15 is 0 Å². The lowest BCUT2D eigenvalue weighted by atomic mass is 9.95. The van der Waals surface area contributed by atoms with Crippen LogP contribution in [0.1, 0.15) is 42.1 Å². The number of hydrogen-bond donors (Lipinski definition) is 1. The average Bonchev–Trinajstić information content (AvgIpc) is 3.10. The van der Waals surface area contributed by atoms with E-state index in [4.69, 9.17) is 9.47 Å². The second-order valence-electron chi connectivity index (χ2n) is 8.91. The second-order valence-corrected chi connectivity index (χ2v) is 8.91. The topological polar surface area (TPSA) is 76.1 Å². The van der Waals surface area contributed by atoms with Gasteiger partial charge in [-0.2, -0.15) is 0 Å². The molecule has 0 aliphatic carbocycles. The smallest absolute Gasteiger partial charge is 0.300 e. The number of hydrogen-bond acceptors (Lipinski definition) is 5. The van der Waals surface area contributed by atoms with Crippen molar-refractivity contribution in [1.82, 2.24) is 0 Å². The molecule has 0 bridgehead atoms. The number of aliphatic hydroxyl groups is 1. The molecule has 6 heteroatoms. The number of aliphatic hydroxyl groups excluding tert-OH is 1. The monoisotopic (exact) mass is 471 g/mol. The Bertz CT molecular complexity index is 1310. The van der Waals surface area contributed by atoms with Crippen molar-refractivity contribution in [2.75, 3.05) is 12.0 Å². The first-order valence-electron chi connectivity index (χ1n) is 11.5. The predicted octanol–water partition coefficient (Wildman–Crippen LogP) is 5.73. The summed E-state index contributed by atoms with van der Waals surface area (Å²) in [5.41, 5.74) is 3.77. The molecule has 1 N–H and O–H groups in total. The van der Waals surface area contributed by atoms with Gasteiger partial charge in [0.2, 0.25) is 0 Å². The van der Waals surface area contributed by atoms with Crippen LogP contribution in [0, 0.1) is 13.8 Å². The molecule has 0 saturated carbocycles. The van der Waals surface area contributed by atoms with Crippen molar-refractivity contribution in [3.8, 4) is 11.5 Å². The normalized spacial score (nSPS) is 17.2. The van der Waals surface area contributed by atoms with Crippen LogP contribution in [0.15, 0.2) is 72.3 Å². The highest BCUT2D eigenvalue weighted by atomic mass is 16.5. The van der Waals surface area contributed by atoms with E-state index in [2.05, 4.69) is 0 Å². The number of benzene rings is 3. The molecule has 0 spiro atoms. The maximum atomic E-state index is 13.4. The molecule has 180 valence electrons.